The number of likely N-dealkylation sites (N-methyl/N-ethyl adjacent to an activating group) is 1. The van der Waals surface area contributed by atoms with Crippen molar-refractivity contribution in [1.82, 2.24) is 15.5 Å². The van der Waals surface area contributed by atoms with Crippen LogP contribution >= 0.6 is 12.2 Å². The fourth-order valence-electron chi connectivity index (χ4n) is 2.94. The van der Waals surface area contributed by atoms with Gasteiger partial charge in [0.1, 0.15) is 5.75 Å². The van der Waals surface area contributed by atoms with E-state index in [1.807, 2.05) is 31.2 Å². The molecule has 6 heteroatoms. The molecule has 1 amide bonds. The number of benzene rings is 1. The molecule has 1 unspecified atom stereocenters. The van der Waals surface area contributed by atoms with Gasteiger partial charge in [-0.15, -0.1) is 0 Å². The molecule has 5 nitrogen and oxygen atoms in total. The second-order valence-electron chi connectivity index (χ2n) is 6.75. The SMILES string of the molecule is CCCCCCOc1ccc(C2NC(=S)NC(C)=C2C(=O)N(C)C)cc1. The molecule has 2 N–H and O–H groups in total. The highest BCUT2D eigenvalue weighted by Gasteiger charge is 2.30. The number of nitrogens with one attached hydrogen (secondary N) is 2. The number of hydrogen-bond donors (Lipinski definition) is 2. The maximum Gasteiger partial charge on any atom is 0.253 e. The lowest BCUT2D eigenvalue weighted by atomic mass is 9.94. The standard InChI is InChI=1S/C20H29N3O2S/c1-5-6-7-8-13-25-16-11-9-15(10-12-16)18-17(19(24)23(3)4)14(2)21-20(26)22-18/h9-12,18H,5-8,13H2,1-4H3,(H2,21,22,26). The number of ether oxygens (including phenoxy) is 1. The molecule has 1 aromatic carbocycles. The Kier molecular flexibility index (Phi) is 7.45. The highest BCUT2D eigenvalue weighted by atomic mass is 32.1. The number of nitrogens with zero attached hydrogens (tertiary/aromatic N) is 1. The second-order valence-corrected chi connectivity index (χ2v) is 7.16. The van der Waals surface area contributed by atoms with Crippen LogP contribution in [0.5, 0.6) is 5.75 Å². The summed E-state index contributed by atoms with van der Waals surface area (Å²) >= 11 is 5.28. The average molecular weight is 376 g/mol. The molecule has 0 aliphatic carbocycles. The van der Waals surface area contributed by atoms with Gasteiger partial charge in [0.15, 0.2) is 5.11 Å². The molecular formula is C20H29N3O2S. The van der Waals surface area contributed by atoms with Gasteiger partial charge in [0.05, 0.1) is 18.2 Å². The molecular weight excluding hydrogens is 346 g/mol. The number of thiocarbonyl (C=S) groups is 1. The van der Waals surface area contributed by atoms with Gasteiger partial charge in [-0.25, -0.2) is 0 Å². The lowest BCUT2D eigenvalue weighted by molar-refractivity contribution is -0.125. The molecule has 1 atom stereocenters. The van der Waals surface area contributed by atoms with Crippen molar-refractivity contribution in [2.45, 2.75) is 45.6 Å². The number of carbonyl (C=O) groups excluding carboxylic acids is 1. The predicted octanol–water partition coefficient (Wildman–Crippen LogP) is 3.53. The summed E-state index contributed by atoms with van der Waals surface area (Å²) in [5.41, 5.74) is 2.45. The Balaban J connectivity index is 2.11. The molecule has 26 heavy (non-hydrogen) atoms. The van der Waals surface area contributed by atoms with Gasteiger partial charge in [-0.3, -0.25) is 4.79 Å². The van der Waals surface area contributed by atoms with E-state index in [2.05, 4.69) is 17.6 Å². The Morgan fingerprint density at radius 3 is 2.50 bits per heavy atom. The first kappa shape index (κ1) is 20.2. The largest absolute Gasteiger partial charge is 0.494 e. The van der Waals surface area contributed by atoms with Crippen molar-refractivity contribution in [3.63, 3.8) is 0 Å². The first-order valence-electron chi connectivity index (χ1n) is 9.16. The van der Waals surface area contributed by atoms with E-state index in [4.69, 9.17) is 17.0 Å². The normalized spacial score (nSPS) is 16.8. The molecule has 0 spiro atoms. The van der Waals surface area contributed by atoms with Gasteiger partial charge in [0.25, 0.3) is 5.91 Å². The van der Waals surface area contributed by atoms with E-state index in [0.29, 0.717) is 10.7 Å². The number of rotatable bonds is 8. The summed E-state index contributed by atoms with van der Waals surface area (Å²) in [5, 5.41) is 6.78. The van der Waals surface area contributed by atoms with E-state index < -0.39 is 0 Å². The third kappa shape index (κ3) is 5.21. The third-order valence-electron chi connectivity index (χ3n) is 4.39. The summed E-state index contributed by atoms with van der Waals surface area (Å²) in [5.74, 6) is 0.814. The lowest BCUT2D eigenvalue weighted by Gasteiger charge is -2.31. The highest BCUT2D eigenvalue weighted by molar-refractivity contribution is 7.80. The van der Waals surface area contributed by atoms with E-state index in [9.17, 15) is 4.79 Å². The molecule has 0 fully saturated rings. The van der Waals surface area contributed by atoms with Crippen molar-refractivity contribution >= 4 is 23.2 Å². The minimum Gasteiger partial charge on any atom is -0.494 e. The van der Waals surface area contributed by atoms with Crippen molar-refractivity contribution in [3.8, 4) is 5.75 Å². The number of carbonyl (C=O) groups is 1. The number of hydrogen-bond acceptors (Lipinski definition) is 3. The van der Waals surface area contributed by atoms with E-state index >= 15 is 0 Å². The second kappa shape index (κ2) is 9.57. The molecule has 0 saturated heterocycles. The Morgan fingerprint density at radius 2 is 1.88 bits per heavy atom. The number of allylic oxidation sites excluding steroid dienone is 1. The maximum atomic E-state index is 12.6. The average Bonchev–Trinajstić information content (AvgIpc) is 2.61. The first-order valence-corrected chi connectivity index (χ1v) is 9.57. The van der Waals surface area contributed by atoms with Crippen LogP contribution in [-0.4, -0.2) is 36.6 Å². The van der Waals surface area contributed by atoms with Crippen LogP contribution in [0.2, 0.25) is 0 Å². The summed E-state index contributed by atoms with van der Waals surface area (Å²) in [7, 11) is 3.50. The predicted molar refractivity (Wildman–Crippen MR) is 109 cm³/mol. The molecule has 0 saturated carbocycles. The van der Waals surface area contributed by atoms with Crippen molar-refractivity contribution in [2.24, 2.45) is 0 Å². The van der Waals surface area contributed by atoms with Gasteiger partial charge in [-0.05, 0) is 43.3 Å². The molecule has 1 aliphatic heterocycles. The van der Waals surface area contributed by atoms with E-state index in [0.717, 1.165) is 30.0 Å². The zero-order valence-electron chi connectivity index (χ0n) is 16.1. The smallest absolute Gasteiger partial charge is 0.253 e. The summed E-state index contributed by atoms with van der Waals surface area (Å²) in [6.45, 7) is 4.81. The van der Waals surface area contributed by atoms with Crippen molar-refractivity contribution < 1.29 is 9.53 Å². The highest BCUT2D eigenvalue weighted by Crippen LogP contribution is 2.29. The monoisotopic (exact) mass is 375 g/mol. The van der Waals surface area contributed by atoms with Crippen LogP contribution in [0.15, 0.2) is 35.5 Å². The molecule has 2 rings (SSSR count). The van der Waals surface area contributed by atoms with Crippen LogP contribution in [0, 0.1) is 0 Å². The van der Waals surface area contributed by atoms with Crippen LogP contribution in [0.3, 0.4) is 0 Å². The third-order valence-corrected chi connectivity index (χ3v) is 4.61. The summed E-state index contributed by atoms with van der Waals surface area (Å²) in [4.78, 5) is 14.2. The van der Waals surface area contributed by atoms with Crippen LogP contribution in [0.25, 0.3) is 0 Å². The maximum absolute atomic E-state index is 12.6. The number of amides is 1. The van der Waals surface area contributed by atoms with Crippen molar-refractivity contribution in [3.05, 3.63) is 41.1 Å². The molecule has 1 aliphatic rings. The van der Waals surface area contributed by atoms with Gasteiger partial charge in [-0.2, -0.15) is 0 Å². The van der Waals surface area contributed by atoms with Crippen molar-refractivity contribution in [1.29, 1.82) is 0 Å². The first-order chi connectivity index (χ1) is 12.4. The Bertz CT molecular complexity index is 668. The Morgan fingerprint density at radius 1 is 1.19 bits per heavy atom. The van der Waals surface area contributed by atoms with Gasteiger partial charge in [0.2, 0.25) is 0 Å². The van der Waals surface area contributed by atoms with Crippen LogP contribution in [-0.2, 0) is 4.79 Å². The van der Waals surface area contributed by atoms with Gasteiger partial charge in [0, 0.05) is 19.8 Å². The molecule has 0 aromatic heterocycles. The Hall–Kier alpha value is -2.08. The quantitative estimate of drug-likeness (QED) is 0.538. The van der Waals surface area contributed by atoms with E-state index in [-0.39, 0.29) is 11.9 Å². The van der Waals surface area contributed by atoms with Crippen molar-refractivity contribution in [2.75, 3.05) is 20.7 Å². The zero-order chi connectivity index (χ0) is 19.1. The topological polar surface area (TPSA) is 53.6 Å². The summed E-state index contributed by atoms with van der Waals surface area (Å²) in [6, 6.07) is 7.62. The summed E-state index contributed by atoms with van der Waals surface area (Å²) in [6.07, 6.45) is 4.74. The van der Waals surface area contributed by atoms with Crippen LogP contribution < -0.4 is 15.4 Å². The molecule has 1 heterocycles. The molecule has 1 aromatic rings. The van der Waals surface area contributed by atoms with Gasteiger partial charge < -0.3 is 20.3 Å². The molecule has 142 valence electrons. The van der Waals surface area contributed by atoms with Crippen LogP contribution in [0.1, 0.15) is 51.1 Å². The number of unbranched alkanes of at least 4 members (excludes halogenated alkanes) is 3. The molecule has 0 radical (unpaired) electrons. The lowest BCUT2D eigenvalue weighted by Crippen LogP contribution is -2.46. The fraction of sp³-hybridized carbons (Fsp3) is 0.500. The summed E-state index contributed by atoms with van der Waals surface area (Å²) < 4.78 is 5.80. The zero-order valence-corrected chi connectivity index (χ0v) is 16.9. The van der Waals surface area contributed by atoms with E-state index in [1.54, 1.807) is 19.0 Å². The van der Waals surface area contributed by atoms with Gasteiger partial charge in [-0.1, -0.05) is 38.3 Å². The fourth-order valence-corrected chi connectivity index (χ4v) is 3.21. The molecule has 0 bridgehead atoms. The van der Waals surface area contributed by atoms with Gasteiger partial charge >= 0.3 is 0 Å². The van der Waals surface area contributed by atoms with Crippen LogP contribution in [0.4, 0.5) is 0 Å². The van der Waals surface area contributed by atoms with E-state index in [1.165, 1.54) is 19.3 Å². The minimum atomic E-state index is -0.266. The Labute approximate surface area is 161 Å². The minimum absolute atomic E-state index is 0.0359.